The Labute approximate surface area is 59.5 Å². The van der Waals surface area contributed by atoms with E-state index in [-0.39, 0.29) is 11.3 Å². The topological polar surface area (TPSA) is 41.5 Å². The number of aliphatic imine (C=N–C) groups is 1. The number of carbonyl (C=O) groups excluding carboxylic acids is 1. The first-order valence-electron chi connectivity index (χ1n) is 3.60. The van der Waals surface area contributed by atoms with Crippen LogP contribution in [0.1, 0.15) is 12.8 Å². The van der Waals surface area contributed by atoms with E-state index in [1.807, 2.05) is 6.21 Å². The van der Waals surface area contributed by atoms with Crippen LogP contribution in [0.2, 0.25) is 0 Å². The van der Waals surface area contributed by atoms with Gasteiger partial charge >= 0.3 is 0 Å². The van der Waals surface area contributed by atoms with Gasteiger partial charge in [-0.3, -0.25) is 9.79 Å². The Kier molecular flexibility index (Phi) is 1.07. The maximum Gasteiger partial charge on any atom is 0.229 e. The van der Waals surface area contributed by atoms with E-state index in [2.05, 4.69) is 10.3 Å². The summed E-state index contributed by atoms with van der Waals surface area (Å²) < 4.78 is 0. The normalized spacial score (nSPS) is 37.4. The summed E-state index contributed by atoms with van der Waals surface area (Å²) >= 11 is 0. The summed E-state index contributed by atoms with van der Waals surface area (Å²) in [6.45, 7) is 1.54. The lowest BCUT2D eigenvalue weighted by molar-refractivity contribution is -0.139. The maximum atomic E-state index is 11.0. The molecule has 2 heterocycles. The minimum Gasteiger partial charge on any atom is -0.354 e. The summed E-state index contributed by atoms with van der Waals surface area (Å²) in [5, 5.41) is 2.76. The highest BCUT2D eigenvalue weighted by Gasteiger charge is 2.46. The molecule has 1 N–H and O–H groups in total. The number of nitrogens with zero attached hydrogens (tertiary/aromatic N) is 1. The zero-order valence-corrected chi connectivity index (χ0v) is 5.76. The van der Waals surface area contributed by atoms with E-state index in [4.69, 9.17) is 0 Å². The van der Waals surface area contributed by atoms with Crippen LogP contribution in [-0.2, 0) is 4.79 Å². The first-order valence-corrected chi connectivity index (χ1v) is 3.60. The number of hydrogen-bond donors (Lipinski definition) is 1. The van der Waals surface area contributed by atoms with Crippen molar-refractivity contribution in [3.05, 3.63) is 0 Å². The molecule has 3 heteroatoms. The average Bonchev–Trinajstić information content (AvgIpc) is 2.04. The fourth-order valence-electron chi connectivity index (χ4n) is 1.49. The Morgan fingerprint density at radius 1 is 1.70 bits per heavy atom. The van der Waals surface area contributed by atoms with Crippen molar-refractivity contribution in [1.29, 1.82) is 0 Å². The molecule has 2 aliphatic rings. The zero-order valence-electron chi connectivity index (χ0n) is 5.76. The van der Waals surface area contributed by atoms with Gasteiger partial charge in [0.1, 0.15) is 0 Å². The number of β-lactam (4-membered cyclic amide) rings is 1. The summed E-state index contributed by atoms with van der Waals surface area (Å²) in [5.74, 6) is 0.198. The van der Waals surface area contributed by atoms with Crippen LogP contribution >= 0.6 is 0 Å². The van der Waals surface area contributed by atoms with Crippen molar-refractivity contribution >= 4 is 12.1 Å². The molecule has 2 rings (SSSR count). The smallest absolute Gasteiger partial charge is 0.229 e. The molecule has 1 saturated heterocycles. The quantitative estimate of drug-likeness (QED) is 0.469. The van der Waals surface area contributed by atoms with Gasteiger partial charge in [0.2, 0.25) is 5.91 Å². The number of rotatable bonds is 0. The monoisotopic (exact) mass is 138 g/mol. The van der Waals surface area contributed by atoms with Gasteiger partial charge in [0.25, 0.3) is 0 Å². The van der Waals surface area contributed by atoms with E-state index in [0.29, 0.717) is 6.54 Å². The van der Waals surface area contributed by atoms with E-state index in [1.165, 1.54) is 0 Å². The second-order valence-electron chi connectivity index (χ2n) is 3.02. The molecule has 0 saturated carbocycles. The average molecular weight is 138 g/mol. The summed E-state index contributed by atoms with van der Waals surface area (Å²) in [6, 6.07) is 0. The van der Waals surface area contributed by atoms with Crippen molar-refractivity contribution in [2.75, 3.05) is 13.1 Å². The fraction of sp³-hybridized carbons (Fsp3) is 0.714. The van der Waals surface area contributed by atoms with Crippen LogP contribution in [-0.4, -0.2) is 25.2 Å². The van der Waals surface area contributed by atoms with Crippen molar-refractivity contribution in [2.45, 2.75) is 12.8 Å². The van der Waals surface area contributed by atoms with Gasteiger partial charge in [-0.15, -0.1) is 0 Å². The Hall–Kier alpha value is -0.860. The lowest BCUT2D eigenvalue weighted by Crippen LogP contribution is -2.61. The van der Waals surface area contributed by atoms with Crippen LogP contribution in [0.4, 0.5) is 0 Å². The van der Waals surface area contributed by atoms with Crippen molar-refractivity contribution in [3.63, 3.8) is 0 Å². The van der Waals surface area contributed by atoms with Crippen LogP contribution in [0.5, 0.6) is 0 Å². The second-order valence-corrected chi connectivity index (χ2v) is 3.02. The molecule has 0 bridgehead atoms. The molecule has 1 fully saturated rings. The van der Waals surface area contributed by atoms with Crippen molar-refractivity contribution in [2.24, 2.45) is 10.4 Å². The molecule has 0 aromatic rings. The third-order valence-electron chi connectivity index (χ3n) is 2.34. The van der Waals surface area contributed by atoms with Gasteiger partial charge in [-0.1, -0.05) is 0 Å². The fourth-order valence-corrected chi connectivity index (χ4v) is 1.49. The van der Waals surface area contributed by atoms with Gasteiger partial charge in [0.05, 0.1) is 12.0 Å². The molecule has 1 atom stereocenters. The Morgan fingerprint density at radius 2 is 2.60 bits per heavy atom. The van der Waals surface area contributed by atoms with Gasteiger partial charge in [-0.2, -0.15) is 0 Å². The van der Waals surface area contributed by atoms with Gasteiger partial charge in [-0.25, -0.2) is 0 Å². The first-order chi connectivity index (χ1) is 4.83. The molecular weight excluding hydrogens is 128 g/mol. The number of nitrogens with one attached hydrogen (secondary N) is 1. The standard InChI is InChI=1S/C7H10N2O/c10-6-7(5-9-6)2-1-3-8-4-7/h3H,1-2,4-5H2,(H,9,10). The molecule has 10 heavy (non-hydrogen) atoms. The minimum absolute atomic E-state index is 0.0885. The van der Waals surface area contributed by atoms with Crippen molar-refractivity contribution in [3.8, 4) is 0 Å². The van der Waals surface area contributed by atoms with Crippen LogP contribution in [0.15, 0.2) is 4.99 Å². The lowest BCUT2D eigenvalue weighted by atomic mass is 9.75. The predicted molar refractivity (Wildman–Crippen MR) is 38.0 cm³/mol. The van der Waals surface area contributed by atoms with E-state index in [0.717, 1.165) is 19.4 Å². The van der Waals surface area contributed by atoms with Crippen LogP contribution in [0.3, 0.4) is 0 Å². The summed E-state index contributed by atoms with van der Waals surface area (Å²) in [7, 11) is 0. The van der Waals surface area contributed by atoms with E-state index >= 15 is 0 Å². The SMILES string of the molecule is O=C1NCC12CCC=NC2. The van der Waals surface area contributed by atoms with Gasteiger partial charge in [-0.05, 0) is 19.1 Å². The van der Waals surface area contributed by atoms with E-state index < -0.39 is 0 Å². The summed E-state index contributed by atoms with van der Waals surface area (Å²) in [4.78, 5) is 15.1. The van der Waals surface area contributed by atoms with Crippen LogP contribution in [0, 0.1) is 5.41 Å². The lowest BCUT2D eigenvalue weighted by Gasteiger charge is -2.40. The molecule has 0 aliphatic carbocycles. The van der Waals surface area contributed by atoms with Gasteiger partial charge in [0, 0.05) is 6.54 Å². The number of amides is 1. The van der Waals surface area contributed by atoms with Crippen molar-refractivity contribution in [1.82, 2.24) is 5.32 Å². The zero-order chi connectivity index (χ0) is 7.03. The van der Waals surface area contributed by atoms with E-state index in [9.17, 15) is 4.79 Å². The number of carbonyl (C=O) groups is 1. The molecule has 0 aromatic carbocycles. The van der Waals surface area contributed by atoms with E-state index in [1.54, 1.807) is 0 Å². The van der Waals surface area contributed by atoms with Gasteiger partial charge in [0.15, 0.2) is 0 Å². The van der Waals surface area contributed by atoms with Crippen molar-refractivity contribution < 1.29 is 4.79 Å². The maximum absolute atomic E-state index is 11.0. The Morgan fingerprint density at radius 3 is 2.90 bits per heavy atom. The summed E-state index contributed by atoms with van der Waals surface area (Å²) in [6.07, 6.45) is 3.87. The van der Waals surface area contributed by atoms with Crippen LogP contribution < -0.4 is 5.32 Å². The molecule has 0 aromatic heterocycles. The third-order valence-corrected chi connectivity index (χ3v) is 2.34. The minimum atomic E-state index is -0.0885. The molecule has 1 spiro atoms. The highest BCUT2D eigenvalue weighted by molar-refractivity contribution is 5.89. The first kappa shape index (κ1) is 5.89. The summed E-state index contributed by atoms with van der Waals surface area (Å²) in [5.41, 5.74) is -0.0885. The molecule has 3 nitrogen and oxygen atoms in total. The molecule has 0 radical (unpaired) electrons. The highest BCUT2D eigenvalue weighted by atomic mass is 16.2. The molecule has 1 amide bonds. The second kappa shape index (κ2) is 1.81. The molecule has 2 aliphatic heterocycles. The highest BCUT2D eigenvalue weighted by Crippen LogP contribution is 2.31. The molecule has 54 valence electrons. The molecular formula is C7H10N2O. The Balaban J connectivity index is 2.15. The predicted octanol–water partition coefficient (Wildman–Crippen LogP) is -0.0328. The van der Waals surface area contributed by atoms with Crippen LogP contribution in [0.25, 0.3) is 0 Å². The largest absolute Gasteiger partial charge is 0.354 e. The van der Waals surface area contributed by atoms with Gasteiger partial charge < -0.3 is 5.32 Å². The molecule has 1 unspecified atom stereocenters. The number of hydrogen-bond acceptors (Lipinski definition) is 2. The third kappa shape index (κ3) is 0.602. The Bertz CT molecular complexity index is 200.